The Balaban J connectivity index is 2.17. The first-order valence-corrected chi connectivity index (χ1v) is 5.75. The van der Waals surface area contributed by atoms with Gasteiger partial charge in [0.15, 0.2) is 0 Å². The van der Waals surface area contributed by atoms with Crippen LogP contribution in [0.3, 0.4) is 0 Å². The maximum atomic E-state index is 11.8. The molecule has 2 rings (SSSR count). The second-order valence-corrected chi connectivity index (χ2v) is 4.65. The zero-order valence-electron chi connectivity index (χ0n) is 9.84. The number of carbonyl (C=O) groups excluding carboxylic acids is 1. The van der Waals surface area contributed by atoms with Crippen molar-refractivity contribution in [3.05, 3.63) is 23.3 Å². The Labute approximate surface area is 96.0 Å². The molecule has 0 unspecified atom stereocenters. The predicted molar refractivity (Wildman–Crippen MR) is 66.3 cm³/mol. The number of aryl methyl sites for hydroxylation is 2. The first-order chi connectivity index (χ1) is 7.58. The molecule has 0 bridgehead atoms. The molecule has 1 aliphatic rings. The molecule has 1 aromatic rings. The van der Waals surface area contributed by atoms with Crippen LogP contribution in [0.15, 0.2) is 12.1 Å². The molecule has 1 saturated carbocycles. The Bertz CT molecular complexity index is 399. The Morgan fingerprint density at radius 2 is 1.88 bits per heavy atom. The Morgan fingerprint density at radius 3 is 2.31 bits per heavy atom. The van der Waals surface area contributed by atoms with Gasteiger partial charge in [0.2, 0.25) is 5.91 Å². The number of amides is 1. The molecule has 0 radical (unpaired) electrons. The number of hydrogen-bond acceptors (Lipinski definition) is 2. The van der Waals surface area contributed by atoms with Crippen molar-refractivity contribution < 1.29 is 4.79 Å². The van der Waals surface area contributed by atoms with Gasteiger partial charge in [-0.05, 0) is 49.9 Å². The summed E-state index contributed by atoms with van der Waals surface area (Å²) in [6, 6.07) is 3.78. The minimum absolute atomic E-state index is 0.155. The second-order valence-electron chi connectivity index (χ2n) is 4.65. The summed E-state index contributed by atoms with van der Waals surface area (Å²) in [5.74, 6) is 0.374. The number of rotatable bonds is 2. The van der Waals surface area contributed by atoms with Crippen molar-refractivity contribution in [3.63, 3.8) is 0 Å². The van der Waals surface area contributed by atoms with E-state index in [4.69, 9.17) is 5.73 Å². The third kappa shape index (κ3) is 2.03. The summed E-state index contributed by atoms with van der Waals surface area (Å²) >= 11 is 0. The molecule has 1 amide bonds. The summed E-state index contributed by atoms with van der Waals surface area (Å²) in [6.07, 6.45) is 3.23. The van der Waals surface area contributed by atoms with Gasteiger partial charge < -0.3 is 11.1 Å². The average Bonchev–Trinajstić information content (AvgIpc) is 2.08. The van der Waals surface area contributed by atoms with Crippen LogP contribution in [0.2, 0.25) is 0 Å². The van der Waals surface area contributed by atoms with Gasteiger partial charge in [0, 0.05) is 17.3 Å². The van der Waals surface area contributed by atoms with Crippen LogP contribution in [-0.4, -0.2) is 5.91 Å². The van der Waals surface area contributed by atoms with Crippen LogP contribution in [0.1, 0.15) is 30.4 Å². The Morgan fingerprint density at radius 1 is 1.31 bits per heavy atom. The van der Waals surface area contributed by atoms with Crippen molar-refractivity contribution in [2.45, 2.75) is 33.1 Å². The maximum absolute atomic E-state index is 11.8. The maximum Gasteiger partial charge on any atom is 0.227 e. The fourth-order valence-corrected chi connectivity index (χ4v) is 2.09. The van der Waals surface area contributed by atoms with Gasteiger partial charge >= 0.3 is 0 Å². The van der Waals surface area contributed by atoms with Crippen LogP contribution in [0.4, 0.5) is 11.4 Å². The second kappa shape index (κ2) is 4.16. The number of nitrogens with one attached hydrogen (secondary N) is 1. The highest BCUT2D eigenvalue weighted by molar-refractivity contribution is 5.94. The third-order valence-electron chi connectivity index (χ3n) is 3.28. The number of anilines is 2. The smallest absolute Gasteiger partial charge is 0.227 e. The lowest BCUT2D eigenvalue weighted by Crippen LogP contribution is -2.28. The van der Waals surface area contributed by atoms with E-state index < -0.39 is 0 Å². The number of nitrogen functional groups attached to an aromatic ring is 1. The third-order valence-corrected chi connectivity index (χ3v) is 3.28. The minimum atomic E-state index is 0.155. The molecule has 86 valence electrons. The van der Waals surface area contributed by atoms with E-state index in [2.05, 4.69) is 5.32 Å². The minimum Gasteiger partial charge on any atom is -0.399 e. The van der Waals surface area contributed by atoms with Crippen LogP contribution in [-0.2, 0) is 4.79 Å². The molecular weight excluding hydrogens is 200 g/mol. The van der Waals surface area contributed by atoms with Crippen LogP contribution in [0.25, 0.3) is 0 Å². The van der Waals surface area contributed by atoms with Crippen LogP contribution in [0.5, 0.6) is 0 Å². The zero-order valence-corrected chi connectivity index (χ0v) is 9.84. The van der Waals surface area contributed by atoms with E-state index in [1.165, 1.54) is 6.42 Å². The number of carbonyl (C=O) groups is 1. The van der Waals surface area contributed by atoms with E-state index in [-0.39, 0.29) is 11.8 Å². The molecule has 3 N–H and O–H groups in total. The Kier molecular flexibility index (Phi) is 2.86. The first kappa shape index (κ1) is 11.0. The normalized spacial score (nSPS) is 15.6. The summed E-state index contributed by atoms with van der Waals surface area (Å²) in [5, 5.41) is 3.01. The predicted octanol–water partition coefficient (Wildman–Crippen LogP) is 2.62. The van der Waals surface area contributed by atoms with Crippen molar-refractivity contribution in [3.8, 4) is 0 Å². The lowest BCUT2D eigenvalue weighted by molar-refractivity contribution is -0.122. The molecule has 1 aliphatic carbocycles. The van der Waals surface area contributed by atoms with Crippen molar-refractivity contribution in [2.24, 2.45) is 5.92 Å². The van der Waals surface area contributed by atoms with Crippen LogP contribution < -0.4 is 11.1 Å². The lowest BCUT2D eigenvalue weighted by atomic mass is 9.84. The monoisotopic (exact) mass is 218 g/mol. The van der Waals surface area contributed by atoms with E-state index in [9.17, 15) is 4.79 Å². The zero-order chi connectivity index (χ0) is 11.7. The van der Waals surface area contributed by atoms with Crippen LogP contribution in [0, 0.1) is 19.8 Å². The molecule has 0 heterocycles. The topological polar surface area (TPSA) is 55.1 Å². The summed E-state index contributed by atoms with van der Waals surface area (Å²) in [4.78, 5) is 11.8. The average molecular weight is 218 g/mol. The molecule has 0 atom stereocenters. The van der Waals surface area contributed by atoms with Gasteiger partial charge in [0.1, 0.15) is 0 Å². The van der Waals surface area contributed by atoms with Gasteiger partial charge in [-0.15, -0.1) is 0 Å². The molecule has 0 aromatic heterocycles. The molecule has 3 heteroatoms. The van der Waals surface area contributed by atoms with Gasteiger partial charge in [0.25, 0.3) is 0 Å². The fraction of sp³-hybridized carbons (Fsp3) is 0.462. The van der Waals surface area contributed by atoms with Gasteiger partial charge in [-0.1, -0.05) is 6.42 Å². The van der Waals surface area contributed by atoms with E-state index in [1.807, 2.05) is 26.0 Å². The van der Waals surface area contributed by atoms with Gasteiger partial charge in [-0.3, -0.25) is 4.79 Å². The standard InChI is InChI=1S/C13H18N2O/c1-8-6-11(14)7-9(2)12(8)15-13(16)10-4-3-5-10/h6-7,10H,3-5,14H2,1-2H3,(H,15,16). The van der Waals surface area contributed by atoms with Crippen molar-refractivity contribution >= 4 is 17.3 Å². The molecule has 1 fully saturated rings. The van der Waals surface area contributed by atoms with E-state index >= 15 is 0 Å². The largest absolute Gasteiger partial charge is 0.399 e. The van der Waals surface area contributed by atoms with Gasteiger partial charge in [0.05, 0.1) is 0 Å². The highest BCUT2D eigenvalue weighted by Gasteiger charge is 2.25. The van der Waals surface area contributed by atoms with Crippen molar-refractivity contribution in [1.29, 1.82) is 0 Å². The van der Waals surface area contributed by atoms with Gasteiger partial charge in [-0.25, -0.2) is 0 Å². The quantitative estimate of drug-likeness (QED) is 0.750. The molecule has 0 saturated heterocycles. The highest BCUT2D eigenvalue weighted by atomic mass is 16.1. The summed E-state index contributed by atoms with van der Waals surface area (Å²) < 4.78 is 0. The lowest BCUT2D eigenvalue weighted by Gasteiger charge is -2.25. The van der Waals surface area contributed by atoms with E-state index in [1.54, 1.807) is 0 Å². The molecule has 1 aromatic carbocycles. The van der Waals surface area contributed by atoms with Crippen LogP contribution >= 0.6 is 0 Å². The first-order valence-electron chi connectivity index (χ1n) is 5.75. The van der Waals surface area contributed by atoms with Gasteiger partial charge in [-0.2, -0.15) is 0 Å². The fourth-order valence-electron chi connectivity index (χ4n) is 2.09. The summed E-state index contributed by atoms with van der Waals surface area (Å²) in [6.45, 7) is 3.94. The molecule has 16 heavy (non-hydrogen) atoms. The van der Waals surface area contributed by atoms with E-state index in [0.717, 1.165) is 35.3 Å². The number of nitrogens with two attached hydrogens (primary N) is 1. The SMILES string of the molecule is Cc1cc(N)cc(C)c1NC(=O)C1CCC1. The summed E-state index contributed by atoms with van der Waals surface area (Å²) in [7, 11) is 0. The summed E-state index contributed by atoms with van der Waals surface area (Å²) in [5.41, 5.74) is 9.48. The Hall–Kier alpha value is -1.51. The molecule has 0 spiro atoms. The van der Waals surface area contributed by atoms with E-state index in [0.29, 0.717) is 0 Å². The molecule has 0 aliphatic heterocycles. The highest BCUT2D eigenvalue weighted by Crippen LogP contribution is 2.29. The number of benzene rings is 1. The molecule has 3 nitrogen and oxygen atoms in total. The molecular formula is C13H18N2O. The number of hydrogen-bond donors (Lipinski definition) is 2. The van der Waals surface area contributed by atoms with Crippen molar-refractivity contribution in [2.75, 3.05) is 11.1 Å². The van der Waals surface area contributed by atoms with Crippen molar-refractivity contribution in [1.82, 2.24) is 0 Å².